The largest absolute Gasteiger partial charge is 0.352 e. The standard InChI is InChI=1S/C14H21N5O2S/c1-4-7-18(8-5-2)14-17-19-12(21)10(11(20)15-6-3)9-16-13(19)22-14/h9H,4-8H2,1-3H3,(H,15,20). The molecule has 8 heteroatoms. The molecule has 0 fully saturated rings. The zero-order valence-electron chi connectivity index (χ0n) is 13.1. The minimum atomic E-state index is -0.425. The van der Waals surface area contributed by atoms with Crippen LogP contribution in [0.3, 0.4) is 0 Å². The van der Waals surface area contributed by atoms with Crippen molar-refractivity contribution in [2.45, 2.75) is 33.6 Å². The van der Waals surface area contributed by atoms with Crippen LogP contribution in [0, 0.1) is 0 Å². The monoisotopic (exact) mass is 323 g/mol. The van der Waals surface area contributed by atoms with Crippen molar-refractivity contribution in [1.29, 1.82) is 0 Å². The van der Waals surface area contributed by atoms with Crippen molar-refractivity contribution in [2.24, 2.45) is 0 Å². The predicted octanol–water partition coefficient (Wildman–Crippen LogP) is 1.53. The molecule has 0 spiro atoms. The number of carbonyl (C=O) groups is 1. The van der Waals surface area contributed by atoms with Gasteiger partial charge in [-0.15, -0.1) is 5.10 Å². The Kier molecular flexibility index (Phi) is 5.48. The first-order valence-electron chi connectivity index (χ1n) is 7.54. The molecule has 0 saturated carbocycles. The third kappa shape index (κ3) is 3.27. The molecule has 120 valence electrons. The molecule has 1 amide bonds. The summed E-state index contributed by atoms with van der Waals surface area (Å²) < 4.78 is 1.23. The van der Waals surface area contributed by atoms with Gasteiger partial charge < -0.3 is 10.2 Å². The van der Waals surface area contributed by atoms with Crippen molar-refractivity contribution in [3.63, 3.8) is 0 Å². The summed E-state index contributed by atoms with van der Waals surface area (Å²) in [7, 11) is 0. The van der Waals surface area contributed by atoms with Gasteiger partial charge in [-0.05, 0) is 19.8 Å². The molecule has 0 aliphatic heterocycles. The number of nitrogens with one attached hydrogen (secondary N) is 1. The maximum Gasteiger partial charge on any atom is 0.288 e. The molecule has 0 saturated heterocycles. The Labute approximate surface area is 133 Å². The molecule has 0 aliphatic rings. The third-order valence-corrected chi connectivity index (χ3v) is 4.10. The summed E-state index contributed by atoms with van der Waals surface area (Å²) in [5.41, 5.74) is -0.403. The summed E-state index contributed by atoms with van der Waals surface area (Å²) in [6.45, 7) is 8.23. The van der Waals surface area contributed by atoms with Gasteiger partial charge in [0.1, 0.15) is 5.56 Å². The fourth-order valence-electron chi connectivity index (χ4n) is 2.16. The van der Waals surface area contributed by atoms with Gasteiger partial charge in [-0.2, -0.15) is 4.52 Å². The molecular formula is C14H21N5O2S. The van der Waals surface area contributed by atoms with Crippen molar-refractivity contribution >= 4 is 27.3 Å². The van der Waals surface area contributed by atoms with Crippen LogP contribution >= 0.6 is 11.3 Å². The smallest absolute Gasteiger partial charge is 0.288 e. The molecule has 7 nitrogen and oxygen atoms in total. The van der Waals surface area contributed by atoms with E-state index >= 15 is 0 Å². The molecule has 0 aromatic carbocycles. The van der Waals surface area contributed by atoms with Gasteiger partial charge in [-0.1, -0.05) is 25.2 Å². The normalized spacial score (nSPS) is 10.9. The molecule has 2 heterocycles. The molecule has 0 atom stereocenters. The van der Waals surface area contributed by atoms with E-state index in [0.29, 0.717) is 11.5 Å². The quantitative estimate of drug-likeness (QED) is 0.836. The highest BCUT2D eigenvalue weighted by Crippen LogP contribution is 2.21. The lowest BCUT2D eigenvalue weighted by Gasteiger charge is -2.19. The van der Waals surface area contributed by atoms with E-state index in [1.165, 1.54) is 22.0 Å². The zero-order valence-corrected chi connectivity index (χ0v) is 13.9. The van der Waals surface area contributed by atoms with E-state index in [-0.39, 0.29) is 5.56 Å². The minimum absolute atomic E-state index is 0.0220. The maximum absolute atomic E-state index is 12.4. The van der Waals surface area contributed by atoms with E-state index < -0.39 is 11.5 Å². The van der Waals surface area contributed by atoms with E-state index in [4.69, 9.17) is 0 Å². The minimum Gasteiger partial charge on any atom is -0.352 e. The van der Waals surface area contributed by atoms with Crippen molar-refractivity contribution in [1.82, 2.24) is 19.9 Å². The summed E-state index contributed by atoms with van der Waals surface area (Å²) in [4.78, 5) is 31.1. The second kappa shape index (κ2) is 7.35. The van der Waals surface area contributed by atoms with E-state index in [1.807, 2.05) is 0 Å². The van der Waals surface area contributed by atoms with E-state index in [0.717, 1.165) is 31.1 Å². The van der Waals surface area contributed by atoms with Gasteiger partial charge >= 0.3 is 0 Å². The predicted molar refractivity (Wildman–Crippen MR) is 87.9 cm³/mol. The average molecular weight is 323 g/mol. The Hall–Kier alpha value is -1.96. The Bertz CT molecular complexity index is 703. The van der Waals surface area contributed by atoms with Gasteiger partial charge in [0.05, 0.1) is 0 Å². The van der Waals surface area contributed by atoms with Crippen molar-refractivity contribution < 1.29 is 4.79 Å². The number of amides is 1. The van der Waals surface area contributed by atoms with Crippen LogP contribution in [0.2, 0.25) is 0 Å². The number of rotatable bonds is 7. The second-order valence-corrected chi connectivity index (χ2v) is 5.84. The topological polar surface area (TPSA) is 79.6 Å². The van der Waals surface area contributed by atoms with Gasteiger partial charge in [0.2, 0.25) is 10.1 Å². The van der Waals surface area contributed by atoms with Crippen LogP contribution in [-0.4, -0.2) is 40.1 Å². The molecule has 0 radical (unpaired) electrons. The molecule has 0 bridgehead atoms. The first-order valence-corrected chi connectivity index (χ1v) is 8.36. The molecule has 0 unspecified atom stereocenters. The number of carbonyl (C=O) groups excluding carboxylic acids is 1. The number of nitrogens with zero attached hydrogens (tertiary/aromatic N) is 4. The number of fused-ring (bicyclic) bond motifs is 1. The number of aromatic nitrogens is 3. The van der Waals surface area contributed by atoms with Crippen LogP contribution in [0.1, 0.15) is 44.0 Å². The number of anilines is 1. The Morgan fingerprint density at radius 3 is 2.59 bits per heavy atom. The second-order valence-electron chi connectivity index (χ2n) is 4.90. The summed E-state index contributed by atoms with van der Waals surface area (Å²) in [6, 6.07) is 0. The summed E-state index contributed by atoms with van der Waals surface area (Å²) in [5, 5.41) is 7.73. The van der Waals surface area contributed by atoms with Crippen LogP contribution in [0.4, 0.5) is 5.13 Å². The van der Waals surface area contributed by atoms with Crippen LogP contribution in [0.5, 0.6) is 0 Å². The first kappa shape index (κ1) is 16.4. The van der Waals surface area contributed by atoms with Crippen LogP contribution in [0.25, 0.3) is 4.96 Å². The Morgan fingerprint density at radius 1 is 1.32 bits per heavy atom. The molecule has 0 aliphatic carbocycles. The van der Waals surface area contributed by atoms with E-state index in [2.05, 4.69) is 34.1 Å². The van der Waals surface area contributed by atoms with Crippen molar-refractivity contribution in [2.75, 3.05) is 24.5 Å². The van der Waals surface area contributed by atoms with Crippen molar-refractivity contribution in [3.05, 3.63) is 22.1 Å². The van der Waals surface area contributed by atoms with Gasteiger partial charge in [0.25, 0.3) is 11.5 Å². The highest BCUT2D eigenvalue weighted by atomic mass is 32.1. The van der Waals surface area contributed by atoms with Gasteiger partial charge in [-0.25, -0.2) is 4.98 Å². The molecule has 2 aromatic rings. The first-order chi connectivity index (χ1) is 10.6. The number of hydrogen-bond acceptors (Lipinski definition) is 6. The lowest BCUT2D eigenvalue weighted by atomic mass is 10.3. The van der Waals surface area contributed by atoms with Gasteiger partial charge in [0.15, 0.2) is 0 Å². The lowest BCUT2D eigenvalue weighted by Crippen LogP contribution is -2.31. The molecule has 22 heavy (non-hydrogen) atoms. The SMILES string of the molecule is CCCN(CCC)c1nn2c(=O)c(C(=O)NCC)cnc2s1. The summed E-state index contributed by atoms with van der Waals surface area (Å²) in [6.07, 6.45) is 3.33. The lowest BCUT2D eigenvalue weighted by molar-refractivity contribution is 0.0953. The fraction of sp³-hybridized carbons (Fsp3) is 0.571. The maximum atomic E-state index is 12.4. The summed E-state index contributed by atoms with van der Waals surface area (Å²) in [5.74, 6) is -0.414. The van der Waals surface area contributed by atoms with Crippen molar-refractivity contribution in [3.8, 4) is 0 Å². The average Bonchev–Trinajstić information content (AvgIpc) is 2.92. The summed E-state index contributed by atoms with van der Waals surface area (Å²) >= 11 is 1.37. The number of hydrogen-bond donors (Lipinski definition) is 1. The van der Waals surface area contributed by atoms with Gasteiger partial charge in [-0.3, -0.25) is 9.59 Å². The van der Waals surface area contributed by atoms with Crippen LogP contribution in [0.15, 0.2) is 11.0 Å². The zero-order chi connectivity index (χ0) is 16.1. The van der Waals surface area contributed by atoms with Crippen LogP contribution < -0.4 is 15.8 Å². The Balaban J connectivity index is 2.44. The molecule has 1 N–H and O–H groups in total. The molecule has 2 rings (SSSR count). The van der Waals surface area contributed by atoms with Gasteiger partial charge in [0, 0.05) is 25.8 Å². The molecule has 2 aromatic heterocycles. The van der Waals surface area contributed by atoms with Crippen LogP contribution in [-0.2, 0) is 0 Å². The molecular weight excluding hydrogens is 302 g/mol. The van der Waals surface area contributed by atoms with E-state index in [1.54, 1.807) is 6.92 Å². The van der Waals surface area contributed by atoms with E-state index in [9.17, 15) is 9.59 Å². The highest BCUT2D eigenvalue weighted by Gasteiger charge is 2.17. The Morgan fingerprint density at radius 2 is 2.00 bits per heavy atom. The highest BCUT2D eigenvalue weighted by molar-refractivity contribution is 7.20. The fourth-order valence-corrected chi connectivity index (χ4v) is 3.07. The third-order valence-electron chi connectivity index (χ3n) is 3.12.